The van der Waals surface area contributed by atoms with Gasteiger partial charge in [0.1, 0.15) is 0 Å². The molecule has 7 heteroatoms. The summed E-state index contributed by atoms with van der Waals surface area (Å²) in [4.78, 5) is 14.3. The van der Waals surface area contributed by atoms with Crippen LogP contribution in [0.2, 0.25) is 5.02 Å². The maximum atomic E-state index is 10.4. The molecule has 0 heterocycles. The van der Waals surface area contributed by atoms with Crippen LogP contribution in [-0.4, -0.2) is 4.92 Å². The summed E-state index contributed by atoms with van der Waals surface area (Å²) in [7, 11) is 0. The molecule has 0 aliphatic carbocycles. The zero-order valence-electron chi connectivity index (χ0n) is 7.19. The van der Waals surface area contributed by atoms with Crippen LogP contribution in [0.5, 0.6) is 5.75 Å². The largest absolute Gasteiger partial charge is 0.410 e. The Kier molecular flexibility index (Phi) is 4.62. The van der Waals surface area contributed by atoms with Crippen molar-refractivity contribution in [3.63, 3.8) is 0 Å². The van der Waals surface area contributed by atoms with Crippen LogP contribution in [0.1, 0.15) is 5.56 Å². The second-order valence-corrected chi connectivity index (χ2v) is 2.85. The summed E-state index contributed by atoms with van der Waals surface area (Å²) in [6.07, 6.45) is 0. The number of hydrogen-bond donors (Lipinski definition) is 1. The number of nitro groups is 1. The fourth-order valence-corrected chi connectivity index (χ4v) is 1.13. The highest BCUT2D eigenvalue weighted by Gasteiger charge is 2.14. The highest BCUT2D eigenvalue weighted by Crippen LogP contribution is 2.31. The number of aryl methyl sites for hydroxylation is 1. The molecular formula is C7H8Cl2N2O3. The third-order valence-electron chi connectivity index (χ3n) is 1.57. The highest BCUT2D eigenvalue weighted by molar-refractivity contribution is 6.32. The second-order valence-electron chi connectivity index (χ2n) is 2.44. The summed E-state index contributed by atoms with van der Waals surface area (Å²) < 4.78 is 0. The van der Waals surface area contributed by atoms with E-state index in [4.69, 9.17) is 17.5 Å². The number of nitrogens with two attached hydrogens (primary N) is 1. The molecule has 0 radical (unpaired) electrons. The average Bonchev–Trinajstić information content (AvgIpc) is 2.07. The molecule has 14 heavy (non-hydrogen) atoms. The number of nitro benzene ring substituents is 1. The molecule has 0 spiro atoms. The Hall–Kier alpha value is -1.04. The molecule has 0 bridgehead atoms. The summed E-state index contributed by atoms with van der Waals surface area (Å²) in [5, 5.41) is 10.6. The molecule has 0 unspecified atom stereocenters. The zero-order chi connectivity index (χ0) is 10.0. The third kappa shape index (κ3) is 2.47. The SMILES string of the molecule is Cc1cc(ON)c(Cl)cc1[N+](=O)[O-].Cl. The van der Waals surface area contributed by atoms with Crippen molar-refractivity contribution < 1.29 is 9.76 Å². The quantitative estimate of drug-likeness (QED) is 0.633. The number of hydrogen-bond acceptors (Lipinski definition) is 4. The normalized spacial score (nSPS) is 9.07. The Morgan fingerprint density at radius 3 is 2.57 bits per heavy atom. The third-order valence-corrected chi connectivity index (χ3v) is 1.87. The fourth-order valence-electron chi connectivity index (χ4n) is 0.932. The molecule has 2 N–H and O–H groups in total. The first-order chi connectivity index (χ1) is 6.06. The standard InChI is InChI=1S/C7H7ClN2O3.ClH/c1-4-2-7(13-9)5(8)3-6(4)10(11)12;/h2-3H,9H2,1H3;1H. The van der Waals surface area contributed by atoms with Gasteiger partial charge in [-0.3, -0.25) is 10.1 Å². The van der Waals surface area contributed by atoms with E-state index in [1.54, 1.807) is 6.92 Å². The molecule has 0 aromatic heterocycles. The zero-order valence-corrected chi connectivity index (χ0v) is 8.76. The van der Waals surface area contributed by atoms with E-state index in [0.29, 0.717) is 5.56 Å². The monoisotopic (exact) mass is 238 g/mol. The van der Waals surface area contributed by atoms with Crippen molar-refractivity contribution in [1.29, 1.82) is 0 Å². The summed E-state index contributed by atoms with van der Waals surface area (Å²) in [6.45, 7) is 1.58. The van der Waals surface area contributed by atoms with Crippen LogP contribution >= 0.6 is 24.0 Å². The number of nitrogens with zero attached hydrogens (tertiary/aromatic N) is 1. The smallest absolute Gasteiger partial charge is 0.274 e. The Morgan fingerprint density at radius 1 is 1.57 bits per heavy atom. The molecule has 0 aliphatic rings. The van der Waals surface area contributed by atoms with Gasteiger partial charge in [0.25, 0.3) is 5.69 Å². The first-order valence-electron chi connectivity index (χ1n) is 3.37. The van der Waals surface area contributed by atoms with Crippen LogP contribution in [0.15, 0.2) is 12.1 Å². The summed E-state index contributed by atoms with van der Waals surface area (Å²) in [5.74, 6) is 5.12. The minimum Gasteiger partial charge on any atom is -0.410 e. The summed E-state index contributed by atoms with van der Waals surface area (Å²) >= 11 is 5.64. The van der Waals surface area contributed by atoms with Crippen LogP contribution in [0.25, 0.3) is 0 Å². The van der Waals surface area contributed by atoms with Crippen molar-refractivity contribution in [1.82, 2.24) is 0 Å². The molecule has 0 atom stereocenters. The average molecular weight is 239 g/mol. The van der Waals surface area contributed by atoms with Gasteiger partial charge in [-0.25, -0.2) is 0 Å². The molecule has 1 aromatic rings. The predicted octanol–water partition coefficient (Wildman–Crippen LogP) is 2.23. The molecule has 1 aromatic carbocycles. The van der Waals surface area contributed by atoms with Crippen molar-refractivity contribution in [2.24, 2.45) is 5.90 Å². The topological polar surface area (TPSA) is 78.4 Å². The Morgan fingerprint density at radius 2 is 2.14 bits per heavy atom. The number of halogens is 2. The van der Waals surface area contributed by atoms with E-state index in [1.807, 2.05) is 0 Å². The fraction of sp³-hybridized carbons (Fsp3) is 0.143. The van der Waals surface area contributed by atoms with Gasteiger partial charge in [-0.2, -0.15) is 5.90 Å². The van der Waals surface area contributed by atoms with Crippen LogP contribution in [0.4, 0.5) is 5.69 Å². The highest BCUT2D eigenvalue weighted by atomic mass is 35.5. The van der Waals surface area contributed by atoms with Crippen molar-refractivity contribution >= 4 is 29.7 Å². The molecule has 0 saturated carbocycles. The van der Waals surface area contributed by atoms with Gasteiger partial charge >= 0.3 is 0 Å². The number of rotatable bonds is 2. The van der Waals surface area contributed by atoms with Gasteiger partial charge in [0.05, 0.1) is 9.95 Å². The van der Waals surface area contributed by atoms with Crippen molar-refractivity contribution in [3.8, 4) is 5.75 Å². The minimum absolute atomic E-state index is 0. The molecular weight excluding hydrogens is 231 g/mol. The molecule has 5 nitrogen and oxygen atoms in total. The lowest BCUT2D eigenvalue weighted by Crippen LogP contribution is -2.03. The maximum absolute atomic E-state index is 10.4. The van der Waals surface area contributed by atoms with Crippen molar-refractivity contribution in [2.45, 2.75) is 6.92 Å². The maximum Gasteiger partial charge on any atom is 0.274 e. The van der Waals surface area contributed by atoms with E-state index in [0.717, 1.165) is 0 Å². The summed E-state index contributed by atoms with van der Waals surface area (Å²) in [6, 6.07) is 2.62. The Labute approximate surface area is 91.3 Å². The van der Waals surface area contributed by atoms with E-state index < -0.39 is 4.92 Å². The Balaban J connectivity index is 0.00000169. The lowest BCUT2D eigenvalue weighted by Gasteiger charge is -2.03. The van der Waals surface area contributed by atoms with Gasteiger partial charge in [-0.15, -0.1) is 12.4 Å². The summed E-state index contributed by atoms with van der Waals surface area (Å²) in [5.41, 5.74) is 0.403. The van der Waals surface area contributed by atoms with Gasteiger partial charge in [0.15, 0.2) is 5.75 Å². The minimum atomic E-state index is -0.512. The first-order valence-corrected chi connectivity index (χ1v) is 3.75. The van der Waals surface area contributed by atoms with E-state index in [1.165, 1.54) is 12.1 Å². The van der Waals surface area contributed by atoms with Crippen LogP contribution in [-0.2, 0) is 0 Å². The number of benzene rings is 1. The van der Waals surface area contributed by atoms with Crippen molar-refractivity contribution in [2.75, 3.05) is 0 Å². The van der Waals surface area contributed by atoms with Gasteiger partial charge in [-0.1, -0.05) is 11.6 Å². The van der Waals surface area contributed by atoms with E-state index in [9.17, 15) is 10.1 Å². The molecule has 0 fully saturated rings. The lowest BCUT2D eigenvalue weighted by atomic mass is 10.2. The Bertz CT molecular complexity index is 357. The lowest BCUT2D eigenvalue weighted by molar-refractivity contribution is -0.385. The van der Waals surface area contributed by atoms with E-state index in [-0.39, 0.29) is 28.9 Å². The van der Waals surface area contributed by atoms with Crippen LogP contribution in [0, 0.1) is 17.0 Å². The van der Waals surface area contributed by atoms with Gasteiger partial charge in [0.2, 0.25) is 0 Å². The van der Waals surface area contributed by atoms with Gasteiger partial charge in [0, 0.05) is 11.6 Å². The van der Waals surface area contributed by atoms with Crippen molar-refractivity contribution in [3.05, 3.63) is 32.8 Å². The van der Waals surface area contributed by atoms with Gasteiger partial charge < -0.3 is 4.84 Å². The van der Waals surface area contributed by atoms with Crippen LogP contribution < -0.4 is 10.7 Å². The predicted molar refractivity (Wildman–Crippen MR) is 54.9 cm³/mol. The molecule has 78 valence electrons. The molecule has 0 aliphatic heterocycles. The molecule has 0 amide bonds. The molecule has 0 saturated heterocycles. The first kappa shape index (κ1) is 13.0. The van der Waals surface area contributed by atoms with E-state index in [2.05, 4.69) is 4.84 Å². The van der Waals surface area contributed by atoms with Crippen LogP contribution in [0.3, 0.4) is 0 Å². The molecule has 1 rings (SSSR count). The van der Waals surface area contributed by atoms with E-state index >= 15 is 0 Å². The van der Waals surface area contributed by atoms with Gasteiger partial charge in [-0.05, 0) is 13.0 Å². The second kappa shape index (κ2) is 4.99.